The number of ether oxygens (including phenoxy) is 3. The van der Waals surface area contributed by atoms with Gasteiger partial charge in [0.1, 0.15) is 12.7 Å². The molecule has 12 heteroatoms. The third kappa shape index (κ3) is 47.0. The number of unbranched alkanes of at least 4 members (excludes halogenated alkanes) is 9. The van der Waals surface area contributed by atoms with E-state index in [4.69, 9.17) is 23.3 Å². The van der Waals surface area contributed by atoms with Crippen molar-refractivity contribution in [2.45, 2.75) is 187 Å². The number of esters is 3. The zero-order valence-corrected chi connectivity index (χ0v) is 42.9. The first-order valence-corrected chi connectivity index (χ1v) is 26.9. The summed E-state index contributed by atoms with van der Waals surface area (Å²) in [5, 5.41) is 9.74. The minimum Gasteiger partial charge on any atom is -0.462 e. The molecule has 68 heavy (non-hydrogen) atoms. The Labute approximate surface area is 411 Å². The topological polar surface area (TPSA) is 155 Å². The van der Waals surface area contributed by atoms with E-state index >= 15 is 0 Å². The minimum atomic E-state index is -4.78. The minimum absolute atomic E-state index is 0.0822. The third-order valence-electron chi connectivity index (χ3n) is 9.91. The van der Waals surface area contributed by atoms with E-state index in [9.17, 15) is 28.9 Å². The van der Waals surface area contributed by atoms with Crippen LogP contribution in [-0.2, 0) is 42.2 Å². The molecule has 0 radical (unpaired) electrons. The van der Waals surface area contributed by atoms with Gasteiger partial charge in [-0.05, 0) is 83.5 Å². The Hall–Kier alpha value is -4.12. The summed E-state index contributed by atoms with van der Waals surface area (Å²) < 4.78 is 39.1. The SMILES string of the molecule is CC/C=C\C/C=C\C/C=C\C/C=C\C/C=C\CCCC(=O)OCC(COP(=O)(O)OCC(CO)OC(=O)CCCCCCCCCCC)OC(=O)C/C=C\C/C=C\C/C=C\C/C=C\C/C=C\CC. The van der Waals surface area contributed by atoms with Crippen molar-refractivity contribution in [3.05, 3.63) is 122 Å². The third-order valence-corrected chi connectivity index (χ3v) is 10.9. The van der Waals surface area contributed by atoms with Gasteiger partial charge in [0.25, 0.3) is 0 Å². The average molecular weight is 969 g/mol. The van der Waals surface area contributed by atoms with Crippen LogP contribution in [0.15, 0.2) is 122 Å². The number of rotatable bonds is 45. The highest BCUT2D eigenvalue weighted by Gasteiger charge is 2.28. The van der Waals surface area contributed by atoms with Gasteiger partial charge in [0.05, 0.1) is 26.2 Å². The molecule has 0 rings (SSSR count). The molecular formula is C56H89O11P. The van der Waals surface area contributed by atoms with Crippen LogP contribution in [-0.4, -0.2) is 66.5 Å². The lowest BCUT2D eigenvalue weighted by Gasteiger charge is -2.21. The van der Waals surface area contributed by atoms with Crippen molar-refractivity contribution < 1.29 is 52.2 Å². The van der Waals surface area contributed by atoms with E-state index in [2.05, 4.69) is 106 Å². The van der Waals surface area contributed by atoms with Crippen LogP contribution in [0.3, 0.4) is 0 Å². The Balaban J connectivity index is 4.98. The monoisotopic (exact) mass is 969 g/mol. The predicted molar refractivity (Wildman–Crippen MR) is 279 cm³/mol. The molecule has 0 aromatic rings. The molecule has 3 unspecified atom stereocenters. The van der Waals surface area contributed by atoms with Crippen molar-refractivity contribution in [1.82, 2.24) is 0 Å². The molecule has 0 aromatic carbocycles. The van der Waals surface area contributed by atoms with Crippen molar-refractivity contribution in [3.8, 4) is 0 Å². The highest BCUT2D eigenvalue weighted by molar-refractivity contribution is 7.47. The van der Waals surface area contributed by atoms with Crippen LogP contribution in [0.25, 0.3) is 0 Å². The smallest absolute Gasteiger partial charge is 0.462 e. The second-order valence-corrected chi connectivity index (χ2v) is 17.7. The summed E-state index contributed by atoms with van der Waals surface area (Å²) in [5.74, 6) is -1.71. The van der Waals surface area contributed by atoms with Gasteiger partial charge in [0, 0.05) is 12.8 Å². The summed E-state index contributed by atoms with van der Waals surface area (Å²) in [6, 6.07) is 0. The fourth-order valence-electron chi connectivity index (χ4n) is 6.11. The maximum Gasteiger partial charge on any atom is 0.472 e. The van der Waals surface area contributed by atoms with Gasteiger partial charge in [-0.1, -0.05) is 194 Å². The van der Waals surface area contributed by atoms with Crippen LogP contribution in [0, 0.1) is 0 Å². The van der Waals surface area contributed by atoms with Crippen LogP contribution < -0.4 is 0 Å². The van der Waals surface area contributed by atoms with Gasteiger partial charge < -0.3 is 24.2 Å². The van der Waals surface area contributed by atoms with Crippen LogP contribution in [0.2, 0.25) is 0 Å². The van der Waals surface area contributed by atoms with Gasteiger partial charge in [-0.2, -0.15) is 0 Å². The number of aliphatic hydroxyl groups excluding tert-OH is 1. The second-order valence-electron chi connectivity index (χ2n) is 16.2. The Morgan fingerprint density at radius 3 is 1.28 bits per heavy atom. The molecule has 0 aliphatic heterocycles. The summed E-state index contributed by atoms with van der Waals surface area (Å²) >= 11 is 0. The highest BCUT2D eigenvalue weighted by Crippen LogP contribution is 2.43. The first kappa shape index (κ1) is 63.9. The molecule has 0 spiro atoms. The van der Waals surface area contributed by atoms with Crippen LogP contribution in [0.1, 0.15) is 175 Å². The molecule has 11 nitrogen and oxygen atoms in total. The quantitative estimate of drug-likeness (QED) is 0.0197. The number of carbonyl (C=O) groups is 3. The number of hydrogen-bond acceptors (Lipinski definition) is 10. The van der Waals surface area contributed by atoms with Crippen molar-refractivity contribution >= 4 is 25.7 Å². The summed E-state index contributed by atoms with van der Waals surface area (Å²) in [4.78, 5) is 48.1. The largest absolute Gasteiger partial charge is 0.472 e. The fraction of sp³-hybridized carbons (Fsp3) is 0.589. The zero-order chi connectivity index (χ0) is 49.9. The maximum atomic E-state index is 12.8. The molecular weight excluding hydrogens is 880 g/mol. The maximum absolute atomic E-state index is 12.8. The second kappa shape index (κ2) is 49.3. The molecule has 0 bridgehead atoms. The van der Waals surface area contributed by atoms with E-state index in [1.165, 1.54) is 32.1 Å². The highest BCUT2D eigenvalue weighted by atomic mass is 31.2. The van der Waals surface area contributed by atoms with Gasteiger partial charge in [-0.25, -0.2) is 4.57 Å². The summed E-state index contributed by atoms with van der Waals surface area (Å²) in [6.45, 7) is 4.17. The van der Waals surface area contributed by atoms with Gasteiger partial charge >= 0.3 is 25.7 Å². The van der Waals surface area contributed by atoms with Crippen molar-refractivity contribution in [2.24, 2.45) is 0 Å². The van der Waals surface area contributed by atoms with Gasteiger partial charge in [-0.3, -0.25) is 23.4 Å². The number of phosphoric acid groups is 1. The number of aliphatic hydroxyl groups is 1. The average Bonchev–Trinajstić information content (AvgIpc) is 3.32. The fourth-order valence-corrected chi connectivity index (χ4v) is 6.90. The predicted octanol–water partition coefficient (Wildman–Crippen LogP) is 14.5. The van der Waals surface area contributed by atoms with Crippen LogP contribution in [0.5, 0.6) is 0 Å². The summed E-state index contributed by atoms with van der Waals surface area (Å²) in [7, 11) is -4.78. The summed E-state index contributed by atoms with van der Waals surface area (Å²) in [6.07, 6.45) is 59.3. The normalized spacial score (nSPS) is 14.5. The van der Waals surface area contributed by atoms with E-state index in [1.807, 2.05) is 30.4 Å². The first-order valence-electron chi connectivity index (χ1n) is 25.4. The Bertz CT molecular complexity index is 1600. The molecule has 0 aliphatic rings. The molecule has 0 heterocycles. The van der Waals surface area contributed by atoms with Gasteiger partial charge in [0.15, 0.2) is 6.10 Å². The van der Waals surface area contributed by atoms with E-state index in [-0.39, 0.29) is 19.3 Å². The number of carbonyl (C=O) groups excluding carboxylic acids is 3. The van der Waals surface area contributed by atoms with Crippen molar-refractivity contribution in [3.63, 3.8) is 0 Å². The van der Waals surface area contributed by atoms with E-state index in [1.54, 1.807) is 6.08 Å². The molecule has 3 atom stereocenters. The van der Waals surface area contributed by atoms with Crippen molar-refractivity contribution in [1.29, 1.82) is 0 Å². The van der Waals surface area contributed by atoms with Gasteiger partial charge in [0.2, 0.25) is 0 Å². The Morgan fingerprint density at radius 2 is 0.824 bits per heavy atom. The Morgan fingerprint density at radius 1 is 0.441 bits per heavy atom. The molecule has 0 amide bonds. The standard InChI is InChI=1S/C56H89O11P/c1-4-7-10-13-16-19-21-23-25-26-28-29-31-34-36-39-42-45-54(58)63-49-53(67-56(60)47-44-41-38-35-32-30-27-24-22-20-17-14-11-8-5-2)51-65-68(61,62)64-50-52(48-57)66-55(59)46-43-40-37-33-18-15-12-9-6-3/h7-8,10-11,16-17,19-20,23-25,27-29,32,34-36,41,44,52-53,57H,4-6,9,12-15,18,21-22,26,30-31,33,37-40,42-43,45-51H2,1-3H3,(H,61,62)/b10-7-,11-8-,19-16-,20-17-,25-23-,27-24-,29-28-,35-32-,36-34-,44-41-. The lowest BCUT2D eigenvalue weighted by atomic mass is 10.1. The molecule has 0 fully saturated rings. The summed E-state index contributed by atoms with van der Waals surface area (Å²) in [5.41, 5.74) is 0. The van der Waals surface area contributed by atoms with Crippen LogP contribution >= 0.6 is 7.82 Å². The molecule has 384 valence electrons. The molecule has 0 aliphatic carbocycles. The molecule has 0 saturated heterocycles. The van der Waals surface area contributed by atoms with E-state index < -0.39 is 64.4 Å². The Kier molecular flexibility index (Phi) is 46.3. The van der Waals surface area contributed by atoms with Crippen LogP contribution in [0.4, 0.5) is 0 Å². The van der Waals surface area contributed by atoms with Crippen molar-refractivity contribution in [2.75, 3.05) is 26.4 Å². The number of phosphoric ester groups is 1. The lowest BCUT2D eigenvalue weighted by molar-refractivity contribution is -0.160. The number of allylic oxidation sites excluding steroid dienone is 19. The zero-order valence-electron chi connectivity index (χ0n) is 42.0. The number of hydrogen-bond donors (Lipinski definition) is 2. The molecule has 2 N–H and O–H groups in total. The van der Waals surface area contributed by atoms with E-state index in [0.717, 1.165) is 77.0 Å². The molecule has 0 aromatic heterocycles. The van der Waals surface area contributed by atoms with E-state index in [0.29, 0.717) is 25.7 Å². The first-order chi connectivity index (χ1) is 33.2. The lowest BCUT2D eigenvalue weighted by Crippen LogP contribution is -2.30. The van der Waals surface area contributed by atoms with Gasteiger partial charge in [-0.15, -0.1) is 0 Å². The molecule has 0 saturated carbocycles.